The first-order valence-electron chi connectivity index (χ1n) is 1.95. The molecule has 0 atom stereocenters. The van der Waals surface area contributed by atoms with Gasteiger partial charge in [-0.3, -0.25) is 0 Å². The SMILES string of the molecule is [B]=BCCC. The second-order valence-corrected chi connectivity index (χ2v) is 1.02. The molecule has 2 heteroatoms. The zero-order chi connectivity index (χ0) is 4.12. The molecule has 0 heterocycles. The van der Waals surface area contributed by atoms with E-state index in [9.17, 15) is 0 Å². The monoisotopic (exact) mass is 65.1 g/mol. The van der Waals surface area contributed by atoms with Crippen LogP contribution < -0.4 is 0 Å². The summed E-state index contributed by atoms with van der Waals surface area (Å²) in [5.41, 5.74) is 0. The first kappa shape index (κ1) is 5.13. The molecule has 0 aromatic heterocycles. The Morgan fingerprint density at radius 3 is 2.40 bits per heavy atom. The predicted molar refractivity (Wildman–Crippen MR) is 26.6 cm³/mol. The molecule has 0 aliphatic carbocycles. The van der Waals surface area contributed by atoms with E-state index in [1.807, 2.05) is 0 Å². The molecule has 5 heavy (non-hydrogen) atoms. The van der Waals surface area contributed by atoms with Gasteiger partial charge in [-0.05, 0) is 0 Å². The minimum absolute atomic E-state index is 1.04. The molecular weight excluding hydrogens is 57.7 g/mol. The van der Waals surface area contributed by atoms with Crippen LogP contribution in [0.1, 0.15) is 13.3 Å². The quantitative estimate of drug-likeness (QED) is 0.413. The van der Waals surface area contributed by atoms with E-state index in [-0.39, 0.29) is 0 Å². The van der Waals surface area contributed by atoms with Crippen molar-refractivity contribution in [2.24, 2.45) is 0 Å². The van der Waals surface area contributed by atoms with E-state index in [0.717, 1.165) is 12.7 Å². The van der Waals surface area contributed by atoms with Gasteiger partial charge in [-0.15, -0.1) is 0 Å². The Morgan fingerprint density at radius 2 is 2.40 bits per heavy atom. The van der Waals surface area contributed by atoms with Crippen LogP contribution in [0, 0.1) is 0 Å². The average Bonchev–Trinajstić information content (AvgIpc) is 1.41. The minimum atomic E-state index is 1.04. The fourth-order valence-corrected chi connectivity index (χ4v) is 0.167. The van der Waals surface area contributed by atoms with Crippen LogP contribution in [0.15, 0.2) is 0 Å². The van der Waals surface area contributed by atoms with E-state index in [0.29, 0.717) is 0 Å². The van der Waals surface area contributed by atoms with E-state index in [2.05, 4.69) is 6.92 Å². The molecule has 0 spiro atoms. The maximum absolute atomic E-state index is 5.01. The molecular formula is C3H7B2. The van der Waals surface area contributed by atoms with Crippen molar-refractivity contribution in [2.75, 3.05) is 0 Å². The van der Waals surface area contributed by atoms with Crippen LogP contribution in [0.25, 0.3) is 0 Å². The van der Waals surface area contributed by atoms with Gasteiger partial charge in [-0.25, -0.2) is 0 Å². The summed E-state index contributed by atoms with van der Waals surface area (Å²) in [5, 5.41) is 0. The van der Waals surface area contributed by atoms with Crippen LogP contribution >= 0.6 is 0 Å². The summed E-state index contributed by atoms with van der Waals surface area (Å²) in [5.74, 6) is 0. The Hall–Kier alpha value is 0.130. The van der Waals surface area contributed by atoms with Crippen molar-refractivity contribution in [2.45, 2.75) is 19.7 Å². The molecule has 0 unspecified atom stereocenters. The van der Waals surface area contributed by atoms with Crippen LogP contribution in [0.3, 0.4) is 0 Å². The topological polar surface area (TPSA) is 0 Å². The standard InChI is InChI=1S/C3H7B2/c1-2-3-5-4/h2-3H2,1H3. The van der Waals surface area contributed by atoms with Gasteiger partial charge in [0.05, 0.1) is 0 Å². The predicted octanol–water partition coefficient (Wildman–Crippen LogP) is 0.602. The summed E-state index contributed by atoms with van der Waals surface area (Å²) in [6, 6.07) is 0. The molecule has 0 bridgehead atoms. The second kappa shape index (κ2) is 4.13. The van der Waals surface area contributed by atoms with Gasteiger partial charge in [0, 0.05) is 0 Å². The van der Waals surface area contributed by atoms with Gasteiger partial charge in [-0.1, -0.05) is 0 Å². The van der Waals surface area contributed by atoms with Crippen LogP contribution in [0.2, 0.25) is 6.32 Å². The third-order valence-corrected chi connectivity index (χ3v) is 0.455. The van der Waals surface area contributed by atoms with E-state index >= 15 is 0 Å². The summed E-state index contributed by atoms with van der Waals surface area (Å²) in [6.45, 7) is 3.78. The Labute approximate surface area is 34.9 Å². The average molecular weight is 64.7 g/mol. The van der Waals surface area contributed by atoms with E-state index in [4.69, 9.17) is 7.37 Å². The normalized spacial score (nSPS) is 6.40. The van der Waals surface area contributed by atoms with Crippen LogP contribution in [-0.2, 0) is 0 Å². The van der Waals surface area contributed by atoms with Crippen molar-refractivity contribution in [3.05, 3.63) is 0 Å². The van der Waals surface area contributed by atoms with Crippen molar-refractivity contribution in [3.8, 4) is 0 Å². The van der Waals surface area contributed by atoms with E-state index in [1.165, 1.54) is 0 Å². The van der Waals surface area contributed by atoms with E-state index in [1.54, 1.807) is 6.80 Å². The molecule has 0 saturated carbocycles. The number of rotatable bonds is 2. The van der Waals surface area contributed by atoms with Crippen molar-refractivity contribution >= 4 is 14.2 Å². The van der Waals surface area contributed by atoms with Gasteiger partial charge in [-0.2, -0.15) is 0 Å². The summed E-state index contributed by atoms with van der Waals surface area (Å²) in [6.07, 6.45) is 2.20. The Bertz CT molecular complexity index is 26.1. The first-order valence-corrected chi connectivity index (χ1v) is 1.95. The fraction of sp³-hybridized carbons (Fsp3) is 1.00. The molecule has 0 saturated heterocycles. The van der Waals surface area contributed by atoms with E-state index < -0.39 is 0 Å². The van der Waals surface area contributed by atoms with Crippen LogP contribution in [-0.4, -0.2) is 14.2 Å². The summed E-state index contributed by atoms with van der Waals surface area (Å²) >= 11 is 0. The van der Waals surface area contributed by atoms with Crippen LogP contribution in [0.4, 0.5) is 0 Å². The third-order valence-electron chi connectivity index (χ3n) is 0.455. The van der Waals surface area contributed by atoms with Crippen molar-refractivity contribution in [3.63, 3.8) is 0 Å². The summed E-state index contributed by atoms with van der Waals surface area (Å²) < 4.78 is 0. The zero-order valence-corrected chi connectivity index (χ0v) is 3.57. The molecule has 0 nitrogen and oxygen atoms in total. The molecule has 0 aromatic rings. The molecule has 25 valence electrons. The van der Waals surface area contributed by atoms with Crippen molar-refractivity contribution in [1.29, 1.82) is 0 Å². The van der Waals surface area contributed by atoms with Gasteiger partial charge in [0.15, 0.2) is 0 Å². The second-order valence-electron chi connectivity index (χ2n) is 1.02. The Morgan fingerprint density at radius 1 is 1.80 bits per heavy atom. The van der Waals surface area contributed by atoms with Gasteiger partial charge < -0.3 is 0 Å². The van der Waals surface area contributed by atoms with Crippen LogP contribution in [0.5, 0.6) is 0 Å². The van der Waals surface area contributed by atoms with Crippen molar-refractivity contribution in [1.82, 2.24) is 0 Å². The Kier molecular flexibility index (Phi) is 4.24. The summed E-state index contributed by atoms with van der Waals surface area (Å²) in [4.78, 5) is 0. The fourth-order valence-electron chi connectivity index (χ4n) is 0.167. The summed E-state index contributed by atoms with van der Waals surface area (Å²) in [7, 11) is 5.01. The molecule has 0 rings (SSSR count). The molecule has 0 fully saturated rings. The van der Waals surface area contributed by atoms with Gasteiger partial charge in [0.1, 0.15) is 0 Å². The zero-order valence-electron chi connectivity index (χ0n) is 3.57. The molecule has 0 amide bonds. The Balaban J connectivity index is 2.40. The molecule has 0 N–H and O–H groups in total. The van der Waals surface area contributed by atoms with Gasteiger partial charge >= 0.3 is 33.8 Å². The molecule has 0 aromatic carbocycles. The van der Waals surface area contributed by atoms with Gasteiger partial charge in [0.25, 0.3) is 0 Å². The molecule has 0 aliphatic rings. The number of hydrogen-bond acceptors (Lipinski definition) is 0. The molecule has 0 aliphatic heterocycles. The first-order chi connectivity index (χ1) is 2.41. The van der Waals surface area contributed by atoms with Gasteiger partial charge in [0.2, 0.25) is 0 Å². The third kappa shape index (κ3) is 4.13. The number of hydrogen-bond donors (Lipinski definition) is 0. The van der Waals surface area contributed by atoms with Crippen molar-refractivity contribution < 1.29 is 0 Å². The maximum atomic E-state index is 5.01. The molecule has 1 radical (unpaired) electrons.